The summed E-state index contributed by atoms with van der Waals surface area (Å²) in [5, 5.41) is 10.9. The Balaban J connectivity index is 2.02. The van der Waals surface area contributed by atoms with Gasteiger partial charge in [-0.1, -0.05) is 36.4 Å². The summed E-state index contributed by atoms with van der Waals surface area (Å²) in [7, 11) is -1.98. The first kappa shape index (κ1) is 16.6. The Hall–Kier alpha value is -2.29. The summed E-state index contributed by atoms with van der Waals surface area (Å²) in [4.78, 5) is 12.2. The van der Waals surface area contributed by atoms with Gasteiger partial charge in [0.05, 0.1) is 9.82 Å². The Labute approximate surface area is 140 Å². The number of nitrogens with zero attached hydrogens (tertiary/aromatic N) is 3. The van der Waals surface area contributed by atoms with Gasteiger partial charge in [0.1, 0.15) is 6.17 Å². The predicted octanol–water partition coefficient (Wildman–Crippen LogP) is 2.23. The molecule has 8 heteroatoms. The summed E-state index contributed by atoms with van der Waals surface area (Å²) in [6.45, 7) is 0.925. The van der Waals surface area contributed by atoms with E-state index < -0.39 is 21.1 Å². The zero-order chi connectivity index (χ0) is 17.3. The van der Waals surface area contributed by atoms with Gasteiger partial charge in [0, 0.05) is 25.2 Å². The number of hydrogen-bond acceptors (Lipinski definition) is 5. The average Bonchev–Trinajstić information content (AvgIpc) is 2.98. The van der Waals surface area contributed by atoms with Crippen LogP contribution < -0.4 is 0 Å². The van der Waals surface area contributed by atoms with Crippen molar-refractivity contribution in [2.75, 3.05) is 20.1 Å². The summed E-state index contributed by atoms with van der Waals surface area (Å²) < 4.78 is 27.4. The minimum Gasteiger partial charge on any atom is -0.285 e. The van der Waals surface area contributed by atoms with Gasteiger partial charge in [0.15, 0.2) is 0 Å². The number of sulfonamides is 1. The SMILES string of the molecule is CN1CCN(S(=O)(=O)c2cccc([N+](=O)[O-])c2)C1c1ccccc1. The molecule has 1 aliphatic rings. The topological polar surface area (TPSA) is 83.8 Å². The highest BCUT2D eigenvalue weighted by Gasteiger charge is 2.39. The van der Waals surface area contributed by atoms with Crippen LogP contribution in [0, 0.1) is 10.1 Å². The van der Waals surface area contributed by atoms with E-state index in [0.717, 1.165) is 11.6 Å². The van der Waals surface area contributed by atoms with Crippen LogP contribution in [0.3, 0.4) is 0 Å². The van der Waals surface area contributed by atoms with Gasteiger partial charge in [0.2, 0.25) is 10.0 Å². The van der Waals surface area contributed by atoms with Crippen molar-refractivity contribution in [3.63, 3.8) is 0 Å². The Bertz CT molecular complexity index is 855. The van der Waals surface area contributed by atoms with Crippen LogP contribution in [0.4, 0.5) is 5.69 Å². The highest BCUT2D eigenvalue weighted by molar-refractivity contribution is 7.89. The van der Waals surface area contributed by atoms with E-state index in [1.54, 1.807) is 0 Å². The number of hydrogen-bond donors (Lipinski definition) is 0. The largest absolute Gasteiger partial charge is 0.285 e. The second-order valence-corrected chi connectivity index (χ2v) is 7.53. The highest BCUT2D eigenvalue weighted by atomic mass is 32.2. The van der Waals surface area contributed by atoms with E-state index in [9.17, 15) is 18.5 Å². The van der Waals surface area contributed by atoms with Crippen LogP contribution >= 0.6 is 0 Å². The van der Waals surface area contributed by atoms with E-state index in [2.05, 4.69) is 0 Å². The summed E-state index contributed by atoms with van der Waals surface area (Å²) in [5.74, 6) is 0. The van der Waals surface area contributed by atoms with Crippen molar-refractivity contribution in [3.05, 3.63) is 70.3 Å². The van der Waals surface area contributed by atoms with Gasteiger partial charge >= 0.3 is 0 Å². The fourth-order valence-corrected chi connectivity index (χ4v) is 4.57. The number of nitro benzene ring substituents is 1. The molecule has 2 aromatic rings. The third kappa shape index (κ3) is 2.91. The second-order valence-electron chi connectivity index (χ2n) is 5.64. The monoisotopic (exact) mass is 347 g/mol. The molecule has 0 amide bonds. The molecule has 1 aliphatic heterocycles. The molecule has 0 N–H and O–H groups in total. The van der Waals surface area contributed by atoms with Crippen molar-refractivity contribution >= 4 is 15.7 Å². The van der Waals surface area contributed by atoms with Gasteiger partial charge in [-0.15, -0.1) is 0 Å². The van der Waals surface area contributed by atoms with Crippen LogP contribution in [0.2, 0.25) is 0 Å². The number of rotatable bonds is 4. The lowest BCUT2D eigenvalue weighted by Gasteiger charge is -2.27. The summed E-state index contributed by atoms with van der Waals surface area (Å²) in [6, 6.07) is 14.5. The van der Waals surface area contributed by atoms with Crippen molar-refractivity contribution in [1.29, 1.82) is 0 Å². The molecule has 7 nitrogen and oxygen atoms in total. The molecule has 1 atom stereocenters. The lowest BCUT2D eigenvalue weighted by atomic mass is 10.2. The normalized spacial score (nSPS) is 19.5. The minimum atomic E-state index is -3.84. The smallest absolute Gasteiger partial charge is 0.270 e. The molecule has 1 unspecified atom stereocenters. The highest BCUT2D eigenvalue weighted by Crippen LogP contribution is 2.34. The first-order valence-electron chi connectivity index (χ1n) is 7.43. The molecule has 3 rings (SSSR count). The third-order valence-electron chi connectivity index (χ3n) is 4.10. The Morgan fingerprint density at radius 2 is 1.79 bits per heavy atom. The van der Waals surface area contributed by atoms with Crippen LogP contribution in [0.25, 0.3) is 0 Å². The van der Waals surface area contributed by atoms with E-state index in [1.807, 2.05) is 42.3 Å². The van der Waals surface area contributed by atoms with Crippen LogP contribution in [-0.4, -0.2) is 42.7 Å². The lowest BCUT2D eigenvalue weighted by molar-refractivity contribution is -0.385. The molecule has 126 valence electrons. The number of likely N-dealkylation sites (N-methyl/N-ethyl adjacent to an activating group) is 1. The average molecular weight is 347 g/mol. The fourth-order valence-electron chi connectivity index (χ4n) is 2.91. The molecule has 0 aliphatic carbocycles. The number of benzene rings is 2. The summed E-state index contributed by atoms with van der Waals surface area (Å²) in [5.41, 5.74) is 0.631. The van der Waals surface area contributed by atoms with Gasteiger partial charge in [-0.2, -0.15) is 4.31 Å². The molecule has 24 heavy (non-hydrogen) atoms. The van der Waals surface area contributed by atoms with Crippen molar-refractivity contribution in [1.82, 2.24) is 9.21 Å². The molecule has 1 heterocycles. The van der Waals surface area contributed by atoms with E-state index in [4.69, 9.17) is 0 Å². The van der Waals surface area contributed by atoms with Crippen molar-refractivity contribution < 1.29 is 13.3 Å². The van der Waals surface area contributed by atoms with Gasteiger partial charge in [-0.3, -0.25) is 15.0 Å². The first-order valence-corrected chi connectivity index (χ1v) is 8.87. The maximum absolute atomic E-state index is 13.0. The minimum absolute atomic E-state index is 0.0621. The predicted molar refractivity (Wildman–Crippen MR) is 88.8 cm³/mol. The fraction of sp³-hybridized carbons (Fsp3) is 0.250. The molecule has 0 bridgehead atoms. The van der Waals surface area contributed by atoms with Crippen LogP contribution in [0.5, 0.6) is 0 Å². The summed E-state index contributed by atoms with van der Waals surface area (Å²) >= 11 is 0. The van der Waals surface area contributed by atoms with Gasteiger partial charge in [-0.25, -0.2) is 8.42 Å². The molecule has 0 saturated carbocycles. The molecule has 1 saturated heterocycles. The second kappa shape index (κ2) is 6.31. The van der Waals surface area contributed by atoms with Gasteiger partial charge in [-0.05, 0) is 18.7 Å². The standard InChI is InChI=1S/C16H17N3O4S/c1-17-10-11-18(16(17)13-6-3-2-4-7-13)24(22,23)15-9-5-8-14(12-15)19(20)21/h2-9,12,16H,10-11H2,1H3. The Morgan fingerprint density at radius 1 is 1.08 bits per heavy atom. The third-order valence-corrected chi connectivity index (χ3v) is 5.95. The van der Waals surface area contributed by atoms with Gasteiger partial charge in [0.25, 0.3) is 5.69 Å². The molecule has 0 aromatic heterocycles. The zero-order valence-electron chi connectivity index (χ0n) is 13.1. The van der Waals surface area contributed by atoms with Crippen molar-refractivity contribution in [2.24, 2.45) is 0 Å². The number of nitro groups is 1. The Morgan fingerprint density at radius 3 is 2.46 bits per heavy atom. The maximum atomic E-state index is 13.0. The first-order chi connectivity index (χ1) is 11.4. The van der Waals surface area contributed by atoms with Gasteiger partial charge < -0.3 is 0 Å². The molecular weight excluding hydrogens is 330 g/mol. The van der Waals surface area contributed by atoms with Crippen LogP contribution in [-0.2, 0) is 10.0 Å². The van der Waals surface area contributed by atoms with E-state index in [-0.39, 0.29) is 10.6 Å². The molecule has 2 aromatic carbocycles. The van der Waals surface area contributed by atoms with Crippen LogP contribution in [0.1, 0.15) is 11.7 Å². The van der Waals surface area contributed by atoms with Crippen molar-refractivity contribution in [2.45, 2.75) is 11.1 Å². The lowest BCUT2D eigenvalue weighted by Crippen LogP contribution is -2.34. The van der Waals surface area contributed by atoms with E-state index in [1.165, 1.54) is 22.5 Å². The van der Waals surface area contributed by atoms with E-state index >= 15 is 0 Å². The quantitative estimate of drug-likeness (QED) is 0.625. The maximum Gasteiger partial charge on any atom is 0.270 e. The van der Waals surface area contributed by atoms with Crippen molar-refractivity contribution in [3.8, 4) is 0 Å². The molecule has 0 spiro atoms. The van der Waals surface area contributed by atoms with E-state index in [0.29, 0.717) is 13.1 Å². The molecule has 0 radical (unpaired) electrons. The Kier molecular flexibility index (Phi) is 4.35. The summed E-state index contributed by atoms with van der Waals surface area (Å²) in [6.07, 6.45) is -0.421. The zero-order valence-corrected chi connectivity index (χ0v) is 13.9. The van der Waals surface area contributed by atoms with Crippen LogP contribution in [0.15, 0.2) is 59.5 Å². The molecule has 1 fully saturated rings. The molecular formula is C16H17N3O4S. The number of non-ortho nitro benzene ring substituents is 1.